The van der Waals surface area contributed by atoms with Crippen molar-refractivity contribution in [3.63, 3.8) is 0 Å². The first-order valence-corrected chi connectivity index (χ1v) is 4.81. The molecule has 1 rings (SSSR count). The number of carbonyl (C=O) groups is 1. The molecule has 0 spiro atoms. The summed E-state index contributed by atoms with van der Waals surface area (Å²) in [6.07, 6.45) is 0.676. The summed E-state index contributed by atoms with van der Waals surface area (Å²) in [6, 6.07) is -0.669. The van der Waals surface area contributed by atoms with Crippen LogP contribution in [0.1, 0.15) is 19.8 Å². The molecule has 6 heteroatoms. The lowest BCUT2D eigenvalue weighted by Gasteiger charge is -2.13. The van der Waals surface area contributed by atoms with Crippen molar-refractivity contribution in [2.75, 3.05) is 6.61 Å². The van der Waals surface area contributed by atoms with Gasteiger partial charge in [-0.1, -0.05) is 16.8 Å². The summed E-state index contributed by atoms with van der Waals surface area (Å²) in [5.41, 5.74) is 5.58. The SMILES string of the molecule is CCOC(=O)[C@H](N)C[C@H]1CC(Cl)=NO1. The largest absolute Gasteiger partial charge is 0.465 e. The Hall–Kier alpha value is -0.810. The van der Waals surface area contributed by atoms with Gasteiger partial charge in [-0.15, -0.1) is 0 Å². The molecule has 14 heavy (non-hydrogen) atoms. The Morgan fingerprint density at radius 1 is 1.93 bits per heavy atom. The van der Waals surface area contributed by atoms with Crippen LogP contribution >= 0.6 is 11.6 Å². The van der Waals surface area contributed by atoms with E-state index in [2.05, 4.69) is 5.16 Å². The Kier molecular flexibility index (Phi) is 4.16. The van der Waals surface area contributed by atoms with Crippen LogP contribution in [-0.2, 0) is 14.4 Å². The number of halogens is 1. The highest BCUT2D eigenvalue weighted by molar-refractivity contribution is 6.65. The molecular formula is C8H13ClN2O3. The Labute approximate surface area is 87.2 Å². The lowest BCUT2D eigenvalue weighted by molar-refractivity contribution is -0.145. The average molecular weight is 221 g/mol. The van der Waals surface area contributed by atoms with Gasteiger partial charge in [0, 0.05) is 12.8 Å². The number of rotatable bonds is 4. The van der Waals surface area contributed by atoms with Gasteiger partial charge in [-0.25, -0.2) is 0 Å². The summed E-state index contributed by atoms with van der Waals surface area (Å²) in [6.45, 7) is 2.06. The van der Waals surface area contributed by atoms with Crippen molar-refractivity contribution in [3.05, 3.63) is 0 Å². The molecule has 5 nitrogen and oxygen atoms in total. The van der Waals surface area contributed by atoms with Crippen molar-refractivity contribution in [2.45, 2.75) is 31.9 Å². The van der Waals surface area contributed by atoms with Gasteiger partial charge in [-0.3, -0.25) is 4.79 Å². The molecule has 0 aromatic rings. The fraction of sp³-hybridized carbons (Fsp3) is 0.750. The number of nitrogens with zero attached hydrogens (tertiary/aromatic N) is 1. The first-order chi connectivity index (χ1) is 6.63. The van der Waals surface area contributed by atoms with E-state index in [1.807, 2.05) is 0 Å². The number of hydrogen-bond donors (Lipinski definition) is 1. The van der Waals surface area contributed by atoms with E-state index in [0.717, 1.165) is 0 Å². The molecule has 2 N–H and O–H groups in total. The molecular weight excluding hydrogens is 208 g/mol. The molecule has 0 aromatic heterocycles. The van der Waals surface area contributed by atoms with Gasteiger partial charge in [-0.2, -0.15) is 0 Å². The van der Waals surface area contributed by atoms with Crippen LogP contribution in [0.2, 0.25) is 0 Å². The maximum Gasteiger partial charge on any atom is 0.323 e. The molecule has 1 heterocycles. The Bertz CT molecular complexity index is 245. The van der Waals surface area contributed by atoms with E-state index in [4.69, 9.17) is 26.9 Å². The molecule has 1 aliphatic heterocycles. The minimum absolute atomic E-state index is 0.207. The van der Waals surface area contributed by atoms with Crippen molar-refractivity contribution in [1.29, 1.82) is 0 Å². The molecule has 0 aliphatic carbocycles. The molecule has 0 bridgehead atoms. The fourth-order valence-electron chi connectivity index (χ4n) is 1.15. The van der Waals surface area contributed by atoms with Crippen LogP contribution in [0.4, 0.5) is 0 Å². The average Bonchev–Trinajstić information content (AvgIpc) is 2.51. The Morgan fingerprint density at radius 3 is 3.14 bits per heavy atom. The summed E-state index contributed by atoms with van der Waals surface area (Å²) in [5.74, 6) is -0.417. The summed E-state index contributed by atoms with van der Waals surface area (Å²) < 4.78 is 4.75. The molecule has 1 aliphatic rings. The van der Waals surface area contributed by atoms with Crippen molar-refractivity contribution in [2.24, 2.45) is 10.9 Å². The van der Waals surface area contributed by atoms with E-state index < -0.39 is 12.0 Å². The normalized spacial score (nSPS) is 22.5. The minimum Gasteiger partial charge on any atom is -0.465 e. The summed E-state index contributed by atoms with van der Waals surface area (Å²) >= 11 is 5.60. The second-order valence-electron chi connectivity index (χ2n) is 2.99. The number of hydrogen-bond acceptors (Lipinski definition) is 5. The highest BCUT2D eigenvalue weighted by Gasteiger charge is 2.26. The van der Waals surface area contributed by atoms with Crippen molar-refractivity contribution >= 4 is 22.7 Å². The molecule has 0 radical (unpaired) electrons. The quantitative estimate of drug-likeness (QED) is 0.705. The van der Waals surface area contributed by atoms with Crippen molar-refractivity contribution in [1.82, 2.24) is 0 Å². The third-order valence-corrected chi connectivity index (χ3v) is 2.03. The van der Waals surface area contributed by atoms with E-state index in [1.165, 1.54) is 0 Å². The molecule has 0 unspecified atom stereocenters. The van der Waals surface area contributed by atoms with Crippen LogP contribution in [0.25, 0.3) is 0 Å². The monoisotopic (exact) mass is 220 g/mol. The highest BCUT2D eigenvalue weighted by atomic mass is 35.5. The molecule has 0 amide bonds. The third kappa shape index (κ3) is 3.16. The summed E-state index contributed by atoms with van der Waals surface area (Å²) in [5, 5.41) is 3.96. The van der Waals surface area contributed by atoms with Crippen molar-refractivity contribution < 1.29 is 14.4 Å². The molecule has 0 aromatic carbocycles. The molecule has 0 saturated heterocycles. The Balaban J connectivity index is 2.27. The van der Waals surface area contributed by atoms with E-state index in [9.17, 15) is 4.79 Å². The number of nitrogens with two attached hydrogens (primary N) is 1. The first kappa shape index (κ1) is 11.3. The maximum absolute atomic E-state index is 11.1. The van der Waals surface area contributed by atoms with Crippen LogP contribution in [0.5, 0.6) is 0 Å². The van der Waals surface area contributed by atoms with Gasteiger partial charge >= 0.3 is 5.97 Å². The molecule has 0 fully saturated rings. The highest BCUT2D eigenvalue weighted by Crippen LogP contribution is 2.17. The van der Waals surface area contributed by atoms with E-state index in [1.54, 1.807) is 6.92 Å². The number of carbonyl (C=O) groups excluding carboxylic acids is 1. The zero-order valence-electron chi connectivity index (χ0n) is 7.90. The second-order valence-corrected chi connectivity index (χ2v) is 3.43. The number of oxime groups is 1. The number of ether oxygens (including phenoxy) is 1. The zero-order valence-corrected chi connectivity index (χ0v) is 8.66. The number of esters is 1. The smallest absolute Gasteiger partial charge is 0.323 e. The van der Waals surface area contributed by atoms with Crippen molar-refractivity contribution in [3.8, 4) is 0 Å². The first-order valence-electron chi connectivity index (χ1n) is 4.44. The lowest BCUT2D eigenvalue weighted by atomic mass is 10.1. The molecule has 80 valence electrons. The predicted molar refractivity (Wildman–Crippen MR) is 52.0 cm³/mol. The van der Waals surface area contributed by atoms with Gasteiger partial charge in [0.25, 0.3) is 0 Å². The fourth-order valence-corrected chi connectivity index (χ4v) is 1.36. The van der Waals surface area contributed by atoms with Gasteiger partial charge in [0.05, 0.1) is 6.61 Å². The van der Waals surface area contributed by atoms with E-state index in [-0.39, 0.29) is 6.10 Å². The second kappa shape index (κ2) is 5.17. The van der Waals surface area contributed by atoms with E-state index >= 15 is 0 Å². The van der Waals surface area contributed by atoms with Crippen LogP contribution in [0.15, 0.2) is 5.16 Å². The zero-order chi connectivity index (χ0) is 10.6. The van der Waals surface area contributed by atoms with Gasteiger partial charge in [-0.05, 0) is 6.92 Å². The third-order valence-electron chi connectivity index (χ3n) is 1.80. The van der Waals surface area contributed by atoms with Crippen LogP contribution in [0.3, 0.4) is 0 Å². The van der Waals surface area contributed by atoms with Gasteiger partial charge in [0.15, 0.2) is 0 Å². The van der Waals surface area contributed by atoms with Gasteiger partial charge in [0.1, 0.15) is 17.3 Å². The topological polar surface area (TPSA) is 73.9 Å². The molecule has 2 atom stereocenters. The van der Waals surface area contributed by atoms with E-state index in [0.29, 0.717) is 24.6 Å². The minimum atomic E-state index is -0.669. The standard InChI is InChI=1S/C8H13ClN2O3/c1-2-13-8(12)6(10)3-5-4-7(9)11-14-5/h5-6H,2-4,10H2,1H3/t5-,6+/m0/s1. The van der Waals surface area contributed by atoms with Crippen LogP contribution in [-0.4, -0.2) is 29.9 Å². The van der Waals surface area contributed by atoms with Gasteiger partial charge in [0.2, 0.25) is 0 Å². The van der Waals surface area contributed by atoms with Crippen LogP contribution in [0, 0.1) is 0 Å². The maximum atomic E-state index is 11.1. The van der Waals surface area contributed by atoms with Crippen LogP contribution < -0.4 is 5.73 Å². The predicted octanol–water partition coefficient (Wildman–Crippen LogP) is 0.608. The molecule has 0 saturated carbocycles. The van der Waals surface area contributed by atoms with Gasteiger partial charge < -0.3 is 15.3 Å². The summed E-state index contributed by atoms with van der Waals surface area (Å²) in [7, 11) is 0. The Morgan fingerprint density at radius 2 is 2.64 bits per heavy atom. The summed E-state index contributed by atoms with van der Waals surface area (Å²) in [4.78, 5) is 16.1. The lowest BCUT2D eigenvalue weighted by Crippen LogP contribution is -2.35.